The summed E-state index contributed by atoms with van der Waals surface area (Å²) in [6, 6.07) is 2.18. The van der Waals surface area contributed by atoms with E-state index >= 15 is 0 Å². The fourth-order valence-corrected chi connectivity index (χ4v) is 2.13. The lowest BCUT2D eigenvalue weighted by Crippen LogP contribution is -1.93. The second-order valence-electron chi connectivity index (χ2n) is 2.71. The van der Waals surface area contributed by atoms with Crippen molar-refractivity contribution >= 4 is 25.2 Å². The largest absolute Gasteiger partial charge is 0.143 e. The van der Waals surface area contributed by atoms with Gasteiger partial charge in [0, 0.05) is 13.9 Å². The van der Waals surface area contributed by atoms with E-state index in [0.717, 1.165) is 0 Å². The number of hydrogen-bond donors (Lipinski definition) is 0. The Bertz CT molecular complexity index is 205. The van der Waals surface area contributed by atoms with Crippen molar-refractivity contribution in [3.8, 4) is 0 Å². The van der Waals surface area contributed by atoms with Crippen molar-refractivity contribution in [2.75, 3.05) is 0 Å². The number of rotatable bonds is 4. The van der Waals surface area contributed by atoms with Gasteiger partial charge < -0.3 is 0 Å². The van der Waals surface area contributed by atoms with Gasteiger partial charge in [-0.2, -0.15) is 0 Å². The van der Waals surface area contributed by atoms with E-state index < -0.39 is 0 Å². The molecule has 2 radical (unpaired) electrons. The highest BCUT2D eigenvalue weighted by molar-refractivity contribution is 7.43. The van der Waals surface area contributed by atoms with Crippen molar-refractivity contribution in [3.05, 3.63) is 17.0 Å². The topological polar surface area (TPSA) is 0 Å². The molecule has 1 aromatic rings. The monoisotopic (exact) mass is 184 g/mol. The van der Waals surface area contributed by atoms with Gasteiger partial charge in [0.2, 0.25) is 0 Å². The molecule has 0 saturated carbocycles. The van der Waals surface area contributed by atoms with Crippen LogP contribution in [0, 0.1) is 0 Å². The van der Waals surface area contributed by atoms with Crippen LogP contribution in [0.3, 0.4) is 0 Å². The molecule has 0 atom stereocenters. The Labute approximate surface area is 75.2 Å². The van der Waals surface area contributed by atoms with Crippen LogP contribution in [0.5, 0.6) is 0 Å². The normalized spacial score (nSPS) is 10.4. The molecular weight excluding hydrogens is 171 g/mol. The lowest BCUT2D eigenvalue weighted by Gasteiger charge is -1.96. The van der Waals surface area contributed by atoms with E-state index in [9.17, 15) is 0 Å². The van der Waals surface area contributed by atoms with E-state index in [1.807, 2.05) is 0 Å². The fourth-order valence-electron chi connectivity index (χ4n) is 1.08. The van der Waals surface area contributed by atoms with Crippen molar-refractivity contribution in [1.29, 1.82) is 0 Å². The average Bonchev–Trinajstić information content (AvgIpc) is 2.37. The maximum absolute atomic E-state index is 4.37. The van der Waals surface area contributed by atoms with Gasteiger partial charge in [0.25, 0.3) is 0 Å². The van der Waals surface area contributed by atoms with Crippen LogP contribution in [-0.4, -0.2) is 0 Å². The first kappa shape index (κ1) is 9.22. The van der Waals surface area contributed by atoms with E-state index in [2.05, 4.69) is 27.6 Å². The zero-order chi connectivity index (χ0) is 8.10. The zero-order valence-electron chi connectivity index (χ0n) is 6.84. The Morgan fingerprint density at radius 3 is 2.82 bits per heavy atom. The molecular formula is C9H13PS. The van der Waals surface area contributed by atoms with Crippen molar-refractivity contribution in [3.63, 3.8) is 0 Å². The molecule has 0 aliphatic rings. The lowest BCUT2D eigenvalue weighted by molar-refractivity contribution is 0.720. The van der Waals surface area contributed by atoms with Gasteiger partial charge in [-0.05, 0) is 29.9 Å². The number of thiophene rings is 1. The van der Waals surface area contributed by atoms with E-state index in [1.165, 1.54) is 35.9 Å². The molecule has 2 heteroatoms. The SMILES string of the molecule is CCCCCc1ccsc1[P]. The summed E-state index contributed by atoms with van der Waals surface area (Å²) in [6.45, 7) is 2.23. The summed E-state index contributed by atoms with van der Waals surface area (Å²) in [4.78, 5) is 0. The summed E-state index contributed by atoms with van der Waals surface area (Å²) in [6.07, 6.45) is 5.14. The van der Waals surface area contributed by atoms with E-state index in [0.29, 0.717) is 0 Å². The fraction of sp³-hybridized carbons (Fsp3) is 0.556. The first-order valence-electron chi connectivity index (χ1n) is 4.10. The predicted octanol–water partition coefficient (Wildman–Crippen LogP) is 3.52. The van der Waals surface area contributed by atoms with Gasteiger partial charge in [-0.15, -0.1) is 11.3 Å². The molecule has 0 saturated heterocycles. The predicted molar refractivity (Wildman–Crippen MR) is 54.1 cm³/mol. The molecule has 1 rings (SSSR count). The van der Waals surface area contributed by atoms with Gasteiger partial charge in [-0.1, -0.05) is 19.8 Å². The summed E-state index contributed by atoms with van der Waals surface area (Å²) < 4.78 is 1.20. The van der Waals surface area contributed by atoms with Crippen molar-refractivity contribution in [1.82, 2.24) is 0 Å². The molecule has 0 N–H and O–H groups in total. The van der Waals surface area contributed by atoms with Crippen LogP contribution < -0.4 is 4.62 Å². The van der Waals surface area contributed by atoms with Gasteiger partial charge in [-0.25, -0.2) is 0 Å². The third-order valence-electron chi connectivity index (χ3n) is 1.77. The minimum atomic E-state index is 1.20. The number of hydrogen-bond acceptors (Lipinski definition) is 1. The summed E-state index contributed by atoms with van der Waals surface area (Å²) in [5, 5.41) is 2.11. The maximum Gasteiger partial charge on any atom is 0.0411 e. The Morgan fingerprint density at radius 2 is 2.27 bits per heavy atom. The molecule has 0 unspecified atom stereocenters. The third kappa shape index (κ3) is 2.92. The molecule has 1 aromatic heterocycles. The van der Waals surface area contributed by atoms with Crippen molar-refractivity contribution in [2.45, 2.75) is 32.6 Å². The van der Waals surface area contributed by atoms with Crippen LogP contribution in [0.15, 0.2) is 11.4 Å². The Balaban J connectivity index is 2.32. The Kier molecular flexibility index (Phi) is 4.11. The van der Waals surface area contributed by atoms with Crippen molar-refractivity contribution in [2.24, 2.45) is 0 Å². The van der Waals surface area contributed by atoms with Gasteiger partial charge >= 0.3 is 0 Å². The Morgan fingerprint density at radius 1 is 1.45 bits per heavy atom. The highest BCUT2D eigenvalue weighted by Gasteiger charge is 1.98. The second-order valence-corrected chi connectivity index (χ2v) is 4.37. The van der Waals surface area contributed by atoms with Crippen LogP contribution in [0.25, 0.3) is 0 Å². The van der Waals surface area contributed by atoms with E-state index in [1.54, 1.807) is 11.3 Å². The minimum absolute atomic E-state index is 1.20. The van der Waals surface area contributed by atoms with Crippen LogP contribution in [0.2, 0.25) is 0 Å². The molecule has 0 fully saturated rings. The quantitative estimate of drug-likeness (QED) is 0.496. The van der Waals surface area contributed by atoms with Gasteiger partial charge in [0.05, 0.1) is 0 Å². The molecule has 0 aliphatic heterocycles. The highest BCUT2D eigenvalue weighted by atomic mass is 32.1. The van der Waals surface area contributed by atoms with Crippen molar-refractivity contribution < 1.29 is 0 Å². The summed E-state index contributed by atoms with van der Waals surface area (Å²) >= 11 is 1.73. The lowest BCUT2D eigenvalue weighted by atomic mass is 10.1. The Hall–Kier alpha value is 0.130. The highest BCUT2D eigenvalue weighted by Crippen LogP contribution is 2.11. The molecule has 0 bridgehead atoms. The molecule has 0 aliphatic carbocycles. The molecule has 0 nitrogen and oxygen atoms in total. The van der Waals surface area contributed by atoms with Gasteiger partial charge in [0.1, 0.15) is 0 Å². The summed E-state index contributed by atoms with van der Waals surface area (Å²) in [5.74, 6) is 0. The average molecular weight is 184 g/mol. The molecule has 0 spiro atoms. The van der Waals surface area contributed by atoms with E-state index in [-0.39, 0.29) is 0 Å². The summed E-state index contributed by atoms with van der Waals surface area (Å²) in [5.41, 5.74) is 1.42. The molecule has 0 aromatic carbocycles. The number of aryl methyl sites for hydroxylation is 1. The minimum Gasteiger partial charge on any atom is -0.143 e. The maximum atomic E-state index is 4.37. The molecule has 11 heavy (non-hydrogen) atoms. The van der Waals surface area contributed by atoms with Crippen LogP contribution >= 0.6 is 20.6 Å². The van der Waals surface area contributed by atoms with Crippen LogP contribution in [0.4, 0.5) is 0 Å². The van der Waals surface area contributed by atoms with Crippen LogP contribution in [-0.2, 0) is 6.42 Å². The standard InChI is InChI=1S/C9H13PS/c1-2-3-4-5-8-6-7-11-9(8)10/h6-7H,2-5H2,1H3. The third-order valence-corrected chi connectivity index (χ3v) is 3.13. The van der Waals surface area contributed by atoms with Gasteiger partial charge in [-0.3, -0.25) is 0 Å². The summed E-state index contributed by atoms with van der Waals surface area (Å²) in [7, 11) is 4.37. The van der Waals surface area contributed by atoms with Gasteiger partial charge in [0.15, 0.2) is 0 Å². The zero-order valence-corrected chi connectivity index (χ0v) is 8.55. The molecule has 1 heterocycles. The molecule has 0 amide bonds. The first-order valence-corrected chi connectivity index (χ1v) is 5.42. The smallest absolute Gasteiger partial charge is 0.0411 e. The molecule has 60 valence electrons. The van der Waals surface area contributed by atoms with E-state index in [4.69, 9.17) is 0 Å². The second kappa shape index (κ2) is 4.90. The van der Waals surface area contributed by atoms with Crippen LogP contribution in [0.1, 0.15) is 31.7 Å². The number of unbranched alkanes of at least 4 members (excludes halogenated alkanes) is 2. The first-order chi connectivity index (χ1) is 5.34.